The molecule has 0 spiro atoms. The molecule has 144 valence electrons. The maximum atomic E-state index is 13.9. The predicted octanol–water partition coefficient (Wildman–Crippen LogP) is 3.97. The number of amides is 2. The first-order valence-electron chi connectivity index (χ1n) is 9.41. The van der Waals surface area contributed by atoms with Crippen LogP contribution in [0.4, 0.5) is 10.1 Å². The zero-order valence-corrected chi connectivity index (χ0v) is 15.4. The van der Waals surface area contributed by atoms with Gasteiger partial charge in [0, 0.05) is 0 Å². The van der Waals surface area contributed by atoms with Gasteiger partial charge in [-0.25, -0.2) is 14.1 Å². The molecule has 6 heteroatoms. The van der Waals surface area contributed by atoms with Crippen molar-refractivity contribution in [3.05, 3.63) is 59.9 Å². The third-order valence-electron chi connectivity index (χ3n) is 5.59. The Bertz CT molecular complexity index is 957. The molecule has 5 nitrogen and oxygen atoms in total. The van der Waals surface area contributed by atoms with Crippen molar-refractivity contribution in [3.63, 3.8) is 0 Å². The minimum Gasteiger partial charge on any atom is -0.421 e. The molecular weight excluding hydrogens is 361 g/mol. The lowest BCUT2D eigenvalue weighted by Crippen LogP contribution is -2.31. The third kappa shape index (κ3) is 3.09. The first-order chi connectivity index (χ1) is 13.5. The molecule has 0 unspecified atom stereocenters. The fraction of sp³-hybridized carbons (Fsp3) is 0.318. The van der Waals surface area contributed by atoms with E-state index in [4.69, 9.17) is 4.74 Å². The van der Waals surface area contributed by atoms with Crippen molar-refractivity contribution in [2.24, 2.45) is 17.8 Å². The number of carbonyl (C=O) groups excluding carboxylic acids is 3. The van der Waals surface area contributed by atoms with E-state index in [0.717, 1.165) is 11.3 Å². The Morgan fingerprint density at radius 2 is 1.68 bits per heavy atom. The van der Waals surface area contributed by atoms with Gasteiger partial charge in [0.05, 0.1) is 23.1 Å². The Morgan fingerprint density at radius 1 is 1.00 bits per heavy atom. The Morgan fingerprint density at radius 3 is 2.46 bits per heavy atom. The van der Waals surface area contributed by atoms with Crippen molar-refractivity contribution in [1.82, 2.24) is 0 Å². The van der Waals surface area contributed by atoms with Crippen molar-refractivity contribution >= 4 is 23.5 Å². The number of para-hydroxylation sites is 2. The highest BCUT2D eigenvalue weighted by molar-refractivity contribution is 6.22. The van der Waals surface area contributed by atoms with Gasteiger partial charge < -0.3 is 4.74 Å². The highest BCUT2D eigenvalue weighted by Crippen LogP contribution is 2.44. The Hall–Kier alpha value is -3.02. The van der Waals surface area contributed by atoms with Crippen LogP contribution in [0.15, 0.2) is 48.5 Å². The van der Waals surface area contributed by atoms with Crippen LogP contribution in [0.2, 0.25) is 0 Å². The van der Waals surface area contributed by atoms with Crippen molar-refractivity contribution in [3.8, 4) is 5.75 Å². The number of hydrogen-bond donors (Lipinski definition) is 0. The smallest absolute Gasteiger partial charge is 0.346 e. The fourth-order valence-corrected chi connectivity index (χ4v) is 4.14. The van der Waals surface area contributed by atoms with Crippen LogP contribution in [0.25, 0.3) is 0 Å². The van der Waals surface area contributed by atoms with Crippen LogP contribution in [0.1, 0.15) is 36.5 Å². The molecule has 0 bridgehead atoms. The van der Waals surface area contributed by atoms with Gasteiger partial charge in [-0.05, 0) is 49.4 Å². The van der Waals surface area contributed by atoms with Gasteiger partial charge in [-0.3, -0.25) is 9.59 Å². The van der Waals surface area contributed by atoms with E-state index in [1.807, 2.05) is 0 Å². The van der Waals surface area contributed by atoms with Gasteiger partial charge in [0.25, 0.3) is 0 Å². The zero-order valence-electron chi connectivity index (χ0n) is 15.4. The molecule has 2 amide bonds. The number of anilines is 1. The van der Waals surface area contributed by atoms with Crippen LogP contribution < -0.4 is 9.64 Å². The van der Waals surface area contributed by atoms with Gasteiger partial charge in [0.2, 0.25) is 11.8 Å². The SMILES string of the molecule is C[C@@H]1CC[C@H]2C(=O)N(c3ccccc3OC(=O)c3ccccc3F)C(=O)[C@H]2C1. The Kier molecular flexibility index (Phi) is 4.71. The lowest BCUT2D eigenvalue weighted by Gasteiger charge is -2.25. The maximum Gasteiger partial charge on any atom is 0.346 e. The molecule has 2 fully saturated rings. The minimum atomic E-state index is -0.879. The van der Waals surface area contributed by atoms with Crippen molar-refractivity contribution in [1.29, 1.82) is 0 Å². The number of imide groups is 1. The van der Waals surface area contributed by atoms with Gasteiger partial charge in [0.15, 0.2) is 5.75 Å². The molecule has 1 saturated heterocycles. The Labute approximate surface area is 162 Å². The number of nitrogens with zero attached hydrogens (tertiary/aromatic N) is 1. The van der Waals surface area contributed by atoms with E-state index < -0.39 is 11.8 Å². The van der Waals surface area contributed by atoms with Gasteiger partial charge in [-0.1, -0.05) is 31.2 Å². The summed E-state index contributed by atoms with van der Waals surface area (Å²) in [7, 11) is 0. The zero-order chi connectivity index (χ0) is 19.8. The second-order valence-electron chi connectivity index (χ2n) is 7.48. The molecule has 1 heterocycles. The molecule has 2 aromatic carbocycles. The summed E-state index contributed by atoms with van der Waals surface area (Å²) >= 11 is 0. The number of halogens is 1. The van der Waals surface area contributed by atoms with Crippen molar-refractivity contribution < 1.29 is 23.5 Å². The molecular formula is C22H20FNO4. The lowest BCUT2D eigenvalue weighted by atomic mass is 9.76. The van der Waals surface area contributed by atoms with Crippen molar-refractivity contribution in [2.75, 3.05) is 4.90 Å². The summed E-state index contributed by atoms with van der Waals surface area (Å²) in [4.78, 5) is 39.4. The van der Waals surface area contributed by atoms with Crippen LogP contribution in [-0.2, 0) is 9.59 Å². The van der Waals surface area contributed by atoms with E-state index in [1.54, 1.807) is 18.2 Å². The number of rotatable bonds is 3. The molecule has 28 heavy (non-hydrogen) atoms. The van der Waals surface area contributed by atoms with E-state index in [2.05, 4.69) is 6.92 Å². The summed E-state index contributed by atoms with van der Waals surface area (Å²) in [5.74, 6) is -2.27. The molecule has 0 aromatic heterocycles. The van der Waals surface area contributed by atoms with Gasteiger partial charge in [-0.15, -0.1) is 0 Å². The van der Waals surface area contributed by atoms with E-state index in [0.29, 0.717) is 18.8 Å². The van der Waals surface area contributed by atoms with E-state index >= 15 is 0 Å². The number of ether oxygens (including phenoxy) is 1. The van der Waals surface area contributed by atoms with Crippen LogP contribution in [0, 0.1) is 23.6 Å². The topological polar surface area (TPSA) is 63.7 Å². The Balaban J connectivity index is 1.65. The van der Waals surface area contributed by atoms with E-state index in [9.17, 15) is 18.8 Å². The molecule has 1 aliphatic heterocycles. The second-order valence-corrected chi connectivity index (χ2v) is 7.48. The summed E-state index contributed by atoms with van der Waals surface area (Å²) in [6.45, 7) is 2.08. The molecule has 1 saturated carbocycles. The largest absolute Gasteiger partial charge is 0.421 e. The number of fused-ring (bicyclic) bond motifs is 1. The van der Waals surface area contributed by atoms with Crippen LogP contribution in [-0.4, -0.2) is 17.8 Å². The van der Waals surface area contributed by atoms with E-state index in [-0.39, 0.29) is 40.7 Å². The average molecular weight is 381 g/mol. The first-order valence-corrected chi connectivity index (χ1v) is 9.41. The van der Waals surface area contributed by atoms with Crippen molar-refractivity contribution in [2.45, 2.75) is 26.2 Å². The molecule has 0 radical (unpaired) electrons. The van der Waals surface area contributed by atoms with Gasteiger partial charge in [-0.2, -0.15) is 0 Å². The molecule has 2 aromatic rings. The maximum absolute atomic E-state index is 13.9. The monoisotopic (exact) mass is 381 g/mol. The normalized spacial score (nSPS) is 24.2. The molecule has 1 aliphatic carbocycles. The quantitative estimate of drug-likeness (QED) is 0.458. The number of benzene rings is 2. The fourth-order valence-electron chi connectivity index (χ4n) is 4.14. The number of hydrogen-bond acceptors (Lipinski definition) is 4. The highest BCUT2D eigenvalue weighted by atomic mass is 19.1. The summed E-state index contributed by atoms with van der Waals surface area (Å²) in [6.07, 6.45) is 2.28. The average Bonchev–Trinajstić information content (AvgIpc) is 2.92. The van der Waals surface area contributed by atoms with Crippen LogP contribution >= 0.6 is 0 Å². The third-order valence-corrected chi connectivity index (χ3v) is 5.59. The minimum absolute atomic E-state index is 0.0594. The standard InChI is InChI=1S/C22H20FNO4/c1-13-10-11-14-16(12-13)21(26)24(20(14)25)18-8-4-5-9-19(18)28-22(27)15-6-2-3-7-17(15)23/h2-9,13-14,16H,10-12H2,1H3/t13-,14-,16+/m1/s1. The summed E-state index contributed by atoms with van der Waals surface area (Å²) < 4.78 is 19.3. The molecule has 2 aliphatic rings. The summed E-state index contributed by atoms with van der Waals surface area (Å²) in [5, 5.41) is 0. The highest BCUT2D eigenvalue weighted by Gasteiger charge is 2.50. The summed E-state index contributed by atoms with van der Waals surface area (Å²) in [6, 6.07) is 11.9. The first kappa shape index (κ1) is 18.3. The second kappa shape index (κ2) is 7.19. The van der Waals surface area contributed by atoms with Gasteiger partial charge >= 0.3 is 5.97 Å². The predicted molar refractivity (Wildman–Crippen MR) is 100 cm³/mol. The van der Waals surface area contributed by atoms with Crippen LogP contribution in [0.3, 0.4) is 0 Å². The molecule has 0 N–H and O–H groups in total. The summed E-state index contributed by atoms with van der Waals surface area (Å²) in [5.41, 5.74) is 0.0168. The number of esters is 1. The van der Waals surface area contributed by atoms with Gasteiger partial charge in [0.1, 0.15) is 5.82 Å². The molecule has 3 atom stereocenters. The molecule has 4 rings (SSSR count). The van der Waals surface area contributed by atoms with Crippen LogP contribution in [0.5, 0.6) is 5.75 Å². The van der Waals surface area contributed by atoms with E-state index in [1.165, 1.54) is 30.3 Å². The lowest BCUT2D eigenvalue weighted by molar-refractivity contribution is -0.122. The number of carbonyl (C=O) groups is 3.